The maximum absolute atomic E-state index is 12.3. The lowest BCUT2D eigenvalue weighted by atomic mass is 9.96. The molecule has 1 aromatic heterocycles. The fraction of sp³-hybridized carbons (Fsp3) is 0.600. The van der Waals surface area contributed by atoms with Crippen molar-refractivity contribution >= 4 is 5.91 Å². The van der Waals surface area contributed by atoms with Crippen LogP contribution in [-0.4, -0.2) is 54.4 Å². The number of hydrogen-bond donors (Lipinski definition) is 1. The SMILES string of the molecule is CN(C)CC1CCN(C(=O)c2ccc(CN)cn2)CC1. The Hall–Kier alpha value is -1.46. The normalized spacial score (nSPS) is 16.7. The van der Waals surface area contributed by atoms with Gasteiger partial charge in [-0.3, -0.25) is 9.78 Å². The van der Waals surface area contributed by atoms with Gasteiger partial charge in [0.2, 0.25) is 0 Å². The molecule has 2 rings (SSSR count). The average Bonchev–Trinajstić information content (AvgIpc) is 2.47. The minimum absolute atomic E-state index is 0.0388. The van der Waals surface area contributed by atoms with E-state index in [1.807, 2.05) is 11.0 Å². The number of carbonyl (C=O) groups is 1. The Kier molecular flexibility index (Phi) is 5.09. The summed E-state index contributed by atoms with van der Waals surface area (Å²) in [7, 11) is 4.20. The van der Waals surface area contributed by atoms with Crippen molar-refractivity contribution in [2.24, 2.45) is 11.7 Å². The van der Waals surface area contributed by atoms with Crippen LogP contribution in [0.1, 0.15) is 28.9 Å². The van der Waals surface area contributed by atoms with Crippen LogP contribution < -0.4 is 5.73 Å². The summed E-state index contributed by atoms with van der Waals surface area (Å²) in [5, 5.41) is 0. The summed E-state index contributed by atoms with van der Waals surface area (Å²) in [5.41, 5.74) is 7.01. The molecule has 2 heterocycles. The molecule has 5 nitrogen and oxygen atoms in total. The Morgan fingerprint density at radius 1 is 1.40 bits per heavy atom. The molecule has 0 aliphatic carbocycles. The van der Waals surface area contributed by atoms with Gasteiger partial charge < -0.3 is 15.5 Å². The van der Waals surface area contributed by atoms with Gasteiger partial charge in [-0.05, 0) is 44.5 Å². The van der Waals surface area contributed by atoms with Crippen molar-refractivity contribution in [3.63, 3.8) is 0 Å². The van der Waals surface area contributed by atoms with Crippen LogP contribution in [0.5, 0.6) is 0 Å². The number of likely N-dealkylation sites (tertiary alicyclic amines) is 1. The molecular weight excluding hydrogens is 252 g/mol. The second-order valence-corrected chi connectivity index (χ2v) is 5.75. The molecule has 110 valence electrons. The summed E-state index contributed by atoms with van der Waals surface area (Å²) >= 11 is 0. The molecule has 0 unspecified atom stereocenters. The summed E-state index contributed by atoms with van der Waals surface area (Å²) in [4.78, 5) is 20.7. The van der Waals surface area contributed by atoms with Crippen molar-refractivity contribution in [1.82, 2.24) is 14.8 Å². The summed E-state index contributed by atoms with van der Waals surface area (Å²) in [6, 6.07) is 3.65. The lowest BCUT2D eigenvalue weighted by Gasteiger charge is -2.33. The first kappa shape index (κ1) is 14.9. The largest absolute Gasteiger partial charge is 0.337 e. The minimum atomic E-state index is 0.0388. The van der Waals surface area contributed by atoms with Crippen LogP contribution >= 0.6 is 0 Å². The van der Waals surface area contributed by atoms with Gasteiger partial charge in [-0.25, -0.2) is 0 Å². The van der Waals surface area contributed by atoms with E-state index in [0.29, 0.717) is 18.2 Å². The molecule has 20 heavy (non-hydrogen) atoms. The number of rotatable bonds is 4. The Morgan fingerprint density at radius 2 is 2.10 bits per heavy atom. The van der Waals surface area contributed by atoms with Crippen molar-refractivity contribution in [2.75, 3.05) is 33.7 Å². The molecule has 2 N–H and O–H groups in total. The van der Waals surface area contributed by atoms with E-state index >= 15 is 0 Å². The van der Waals surface area contributed by atoms with Crippen LogP contribution in [0.15, 0.2) is 18.3 Å². The van der Waals surface area contributed by atoms with Crippen LogP contribution in [0.3, 0.4) is 0 Å². The molecule has 0 spiro atoms. The first-order chi connectivity index (χ1) is 9.60. The first-order valence-corrected chi connectivity index (χ1v) is 7.19. The van der Waals surface area contributed by atoms with Gasteiger partial charge in [-0.1, -0.05) is 6.07 Å². The number of piperidine rings is 1. The fourth-order valence-electron chi connectivity index (χ4n) is 2.67. The molecular formula is C15H24N4O. The fourth-order valence-corrected chi connectivity index (χ4v) is 2.67. The van der Waals surface area contributed by atoms with Crippen LogP contribution in [0.2, 0.25) is 0 Å². The van der Waals surface area contributed by atoms with Crippen LogP contribution in [-0.2, 0) is 6.54 Å². The summed E-state index contributed by atoms with van der Waals surface area (Å²) in [5.74, 6) is 0.735. The molecule has 0 bridgehead atoms. The van der Waals surface area contributed by atoms with Crippen molar-refractivity contribution < 1.29 is 4.79 Å². The van der Waals surface area contributed by atoms with Crippen LogP contribution in [0, 0.1) is 5.92 Å². The maximum atomic E-state index is 12.3. The molecule has 0 saturated carbocycles. The highest BCUT2D eigenvalue weighted by molar-refractivity contribution is 5.92. The number of nitrogens with zero attached hydrogens (tertiary/aromatic N) is 3. The lowest BCUT2D eigenvalue weighted by Crippen LogP contribution is -2.40. The monoisotopic (exact) mass is 276 g/mol. The van der Waals surface area contributed by atoms with E-state index in [-0.39, 0.29) is 5.91 Å². The lowest BCUT2D eigenvalue weighted by molar-refractivity contribution is 0.0672. The summed E-state index contributed by atoms with van der Waals surface area (Å²) < 4.78 is 0. The second-order valence-electron chi connectivity index (χ2n) is 5.75. The van der Waals surface area contributed by atoms with Crippen molar-refractivity contribution in [1.29, 1.82) is 0 Å². The second kappa shape index (κ2) is 6.81. The van der Waals surface area contributed by atoms with Gasteiger partial charge in [0.05, 0.1) is 0 Å². The highest BCUT2D eigenvalue weighted by Gasteiger charge is 2.24. The van der Waals surface area contributed by atoms with Crippen molar-refractivity contribution in [2.45, 2.75) is 19.4 Å². The Morgan fingerprint density at radius 3 is 2.60 bits per heavy atom. The van der Waals surface area contributed by atoms with Crippen molar-refractivity contribution in [3.05, 3.63) is 29.6 Å². The Labute approximate surface area is 120 Å². The molecule has 1 aromatic rings. The third kappa shape index (κ3) is 3.77. The molecule has 5 heteroatoms. The highest BCUT2D eigenvalue weighted by atomic mass is 16.2. The smallest absolute Gasteiger partial charge is 0.272 e. The average molecular weight is 276 g/mol. The molecule has 0 aromatic carbocycles. The number of nitrogens with two attached hydrogens (primary N) is 1. The minimum Gasteiger partial charge on any atom is -0.337 e. The first-order valence-electron chi connectivity index (χ1n) is 7.19. The summed E-state index contributed by atoms with van der Waals surface area (Å²) in [6.07, 6.45) is 3.83. The molecule has 0 atom stereocenters. The van der Waals surface area contributed by atoms with E-state index in [9.17, 15) is 4.79 Å². The zero-order chi connectivity index (χ0) is 14.5. The predicted molar refractivity (Wildman–Crippen MR) is 79.3 cm³/mol. The van der Waals surface area contributed by atoms with E-state index < -0.39 is 0 Å². The molecule has 1 saturated heterocycles. The van der Waals surface area contributed by atoms with Crippen LogP contribution in [0.4, 0.5) is 0 Å². The molecule has 1 aliphatic rings. The Bertz CT molecular complexity index is 436. The van der Waals surface area contributed by atoms with Crippen molar-refractivity contribution in [3.8, 4) is 0 Å². The molecule has 1 aliphatic heterocycles. The van der Waals surface area contributed by atoms with E-state index in [1.165, 1.54) is 0 Å². The van der Waals surface area contributed by atoms with Gasteiger partial charge in [0, 0.05) is 32.4 Å². The molecule has 1 fully saturated rings. The van der Waals surface area contributed by atoms with E-state index in [4.69, 9.17) is 5.73 Å². The third-order valence-corrected chi connectivity index (χ3v) is 3.80. The number of pyridine rings is 1. The van der Waals surface area contributed by atoms with Gasteiger partial charge in [0.1, 0.15) is 5.69 Å². The highest BCUT2D eigenvalue weighted by Crippen LogP contribution is 2.19. The molecule has 0 radical (unpaired) electrons. The van der Waals surface area contributed by atoms with E-state index in [2.05, 4.69) is 24.0 Å². The number of aromatic nitrogens is 1. The standard InChI is InChI=1S/C15H24N4O/c1-18(2)11-12-5-7-19(8-6-12)15(20)14-4-3-13(9-16)10-17-14/h3-4,10,12H,5-9,11,16H2,1-2H3. The maximum Gasteiger partial charge on any atom is 0.272 e. The third-order valence-electron chi connectivity index (χ3n) is 3.80. The number of hydrogen-bond acceptors (Lipinski definition) is 4. The zero-order valence-corrected chi connectivity index (χ0v) is 12.4. The topological polar surface area (TPSA) is 62.5 Å². The predicted octanol–water partition coefficient (Wildman–Crippen LogP) is 0.954. The van der Waals surface area contributed by atoms with Gasteiger partial charge in [-0.2, -0.15) is 0 Å². The molecule has 1 amide bonds. The number of amides is 1. The van der Waals surface area contributed by atoms with Gasteiger partial charge in [0.15, 0.2) is 0 Å². The van der Waals surface area contributed by atoms with Gasteiger partial charge in [-0.15, -0.1) is 0 Å². The summed E-state index contributed by atoms with van der Waals surface area (Å²) in [6.45, 7) is 3.22. The van der Waals surface area contributed by atoms with Gasteiger partial charge >= 0.3 is 0 Å². The Balaban J connectivity index is 1.90. The van der Waals surface area contributed by atoms with Gasteiger partial charge in [0.25, 0.3) is 5.91 Å². The van der Waals surface area contributed by atoms with E-state index in [1.54, 1.807) is 12.3 Å². The van der Waals surface area contributed by atoms with Crippen LogP contribution in [0.25, 0.3) is 0 Å². The number of carbonyl (C=O) groups excluding carboxylic acids is 1. The van der Waals surface area contributed by atoms with E-state index in [0.717, 1.165) is 38.0 Å². The zero-order valence-electron chi connectivity index (χ0n) is 12.4. The quantitative estimate of drug-likeness (QED) is 0.889.